The minimum absolute atomic E-state index is 0.203. The molecular weight excluding hydrogens is 472 g/mol. The molecule has 0 aliphatic rings. The van der Waals surface area contributed by atoms with Gasteiger partial charge in [-0.1, -0.05) is 24.3 Å². The monoisotopic (exact) mass is 488 g/mol. The van der Waals surface area contributed by atoms with Gasteiger partial charge in [0.15, 0.2) is 23.3 Å². The highest BCUT2D eigenvalue weighted by Crippen LogP contribution is 2.16. The van der Waals surface area contributed by atoms with Crippen molar-refractivity contribution in [2.75, 3.05) is 0 Å². The summed E-state index contributed by atoms with van der Waals surface area (Å²) < 4.78 is 106. The maximum absolute atomic E-state index is 13.3. The summed E-state index contributed by atoms with van der Waals surface area (Å²) in [6.07, 6.45) is 0. The van der Waals surface area contributed by atoms with Crippen LogP contribution in [0.25, 0.3) is 0 Å². The first-order valence-corrected chi connectivity index (χ1v) is 11.9. The maximum atomic E-state index is 13.3. The largest absolute Gasteiger partial charge is 0.240 e. The van der Waals surface area contributed by atoms with Crippen LogP contribution in [0.2, 0.25) is 0 Å². The highest BCUT2D eigenvalue weighted by Gasteiger charge is 2.18. The first-order valence-electron chi connectivity index (χ1n) is 8.95. The van der Waals surface area contributed by atoms with E-state index in [4.69, 9.17) is 0 Å². The van der Waals surface area contributed by atoms with Crippen LogP contribution in [0.1, 0.15) is 11.1 Å². The summed E-state index contributed by atoms with van der Waals surface area (Å²) in [6, 6.07) is 10.6. The fraction of sp³-hybridized carbons (Fsp3) is 0.100. The van der Waals surface area contributed by atoms with E-state index in [1.807, 2.05) is 0 Å². The SMILES string of the molecule is O=S(=O)(NCc1cccc(CNS(=O)(=O)c2ccc(F)c(F)c2)c1)c1ccc(F)c(F)c1. The number of nitrogens with one attached hydrogen (secondary N) is 2. The lowest BCUT2D eigenvalue weighted by Gasteiger charge is -2.10. The lowest BCUT2D eigenvalue weighted by Crippen LogP contribution is -2.24. The Morgan fingerprint density at radius 1 is 0.562 bits per heavy atom. The van der Waals surface area contributed by atoms with Crippen molar-refractivity contribution < 1.29 is 34.4 Å². The van der Waals surface area contributed by atoms with E-state index in [0.29, 0.717) is 35.4 Å². The number of hydrogen-bond donors (Lipinski definition) is 2. The molecule has 0 fully saturated rings. The molecule has 0 saturated carbocycles. The first kappa shape index (κ1) is 23.9. The average Bonchev–Trinajstić information content (AvgIpc) is 2.75. The van der Waals surface area contributed by atoms with Gasteiger partial charge in [-0.2, -0.15) is 0 Å². The number of halogens is 4. The van der Waals surface area contributed by atoms with Gasteiger partial charge in [-0.3, -0.25) is 0 Å². The normalized spacial score (nSPS) is 12.1. The Balaban J connectivity index is 1.67. The van der Waals surface area contributed by atoms with Gasteiger partial charge in [-0.05, 0) is 47.5 Å². The Bertz CT molecular complexity index is 1260. The van der Waals surface area contributed by atoms with Gasteiger partial charge in [0.1, 0.15) is 0 Å². The molecule has 12 heteroatoms. The van der Waals surface area contributed by atoms with E-state index in [2.05, 4.69) is 9.44 Å². The molecule has 0 atom stereocenters. The van der Waals surface area contributed by atoms with Gasteiger partial charge in [-0.15, -0.1) is 0 Å². The minimum Gasteiger partial charge on any atom is -0.207 e. The average molecular weight is 488 g/mol. The maximum Gasteiger partial charge on any atom is 0.240 e. The van der Waals surface area contributed by atoms with Crippen molar-refractivity contribution in [2.24, 2.45) is 0 Å². The molecule has 0 amide bonds. The second-order valence-corrected chi connectivity index (χ2v) is 10.2. The third-order valence-corrected chi connectivity index (χ3v) is 7.12. The van der Waals surface area contributed by atoms with Crippen molar-refractivity contribution in [1.82, 2.24) is 9.44 Å². The zero-order valence-electron chi connectivity index (χ0n) is 16.1. The quantitative estimate of drug-likeness (QED) is 0.477. The zero-order valence-corrected chi connectivity index (χ0v) is 17.8. The number of benzene rings is 3. The first-order chi connectivity index (χ1) is 15.0. The van der Waals surface area contributed by atoms with E-state index in [0.717, 1.165) is 12.1 Å². The standard InChI is InChI=1S/C20H16F4N2O4S2/c21-17-6-4-15(9-19(17)23)31(27,28)25-11-13-2-1-3-14(8-13)12-26-32(29,30)16-5-7-18(22)20(24)10-16/h1-10,25-26H,11-12H2. The van der Waals surface area contributed by atoms with Gasteiger partial charge in [0.2, 0.25) is 20.0 Å². The Hall–Kier alpha value is -2.80. The van der Waals surface area contributed by atoms with Crippen LogP contribution >= 0.6 is 0 Å². The fourth-order valence-corrected chi connectivity index (χ4v) is 4.72. The highest BCUT2D eigenvalue weighted by atomic mass is 32.2. The van der Waals surface area contributed by atoms with E-state index in [-0.39, 0.29) is 13.1 Å². The van der Waals surface area contributed by atoms with Gasteiger partial charge < -0.3 is 0 Å². The van der Waals surface area contributed by atoms with Crippen molar-refractivity contribution >= 4 is 20.0 Å². The van der Waals surface area contributed by atoms with Crippen LogP contribution in [0.4, 0.5) is 17.6 Å². The molecular formula is C20H16F4N2O4S2. The van der Waals surface area contributed by atoms with E-state index >= 15 is 0 Å². The zero-order chi connectivity index (χ0) is 23.5. The second-order valence-electron chi connectivity index (χ2n) is 6.62. The second kappa shape index (κ2) is 9.36. The molecule has 32 heavy (non-hydrogen) atoms. The molecule has 0 radical (unpaired) electrons. The summed E-state index contributed by atoms with van der Waals surface area (Å²) >= 11 is 0. The molecule has 0 bridgehead atoms. The molecule has 2 N–H and O–H groups in total. The Morgan fingerprint density at radius 2 is 0.969 bits per heavy atom. The third-order valence-electron chi connectivity index (χ3n) is 4.33. The molecule has 6 nitrogen and oxygen atoms in total. The fourth-order valence-electron chi connectivity index (χ4n) is 2.66. The Kier molecular flexibility index (Phi) is 6.98. The summed E-state index contributed by atoms with van der Waals surface area (Å²) in [5.41, 5.74) is 0.918. The van der Waals surface area contributed by atoms with E-state index in [1.54, 1.807) is 18.2 Å². The van der Waals surface area contributed by atoms with Crippen molar-refractivity contribution in [3.8, 4) is 0 Å². The van der Waals surface area contributed by atoms with Crippen LogP contribution < -0.4 is 9.44 Å². The topological polar surface area (TPSA) is 92.3 Å². The molecule has 170 valence electrons. The van der Waals surface area contributed by atoms with E-state index in [9.17, 15) is 34.4 Å². The van der Waals surface area contributed by atoms with E-state index in [1.165, 1.54) is 6.07 Å². The third kappa shape index (κ3) is 5.71. The van der Waals surface area contributed by atoms with Crippen molar-refractivity contribution in [1.29, 1.82) is 0 Å². The molecule has 3 rings (SSSR count). The summed E-state index contributed by atoms with van der Waals surface area (Å²) in [5, 5.41) is 0. The summed E-state index contributed by atoms with van der Waals surface area (Å²) in [6.45, 7) is -0.407. The van der Waals surface area contributed by atoms with Crippen LogP contribution in [0.5, 0.6) is 0 Å². The number of hydrogen-bond acceptors (Lipinski definition) is 4. The smallest absolute Gasteiger partial charge is 0.207 e. The Labute approximate surface area is 182 Å². The van der Waals surface area contributed by atoms with Gasteiger partial charge in [0, 0.05) is 13.1 Å². The molecule has 3 aromatic carbocycles. The predicted octanol–water partition coefficient (Wildman–Crippen LogP) is 3.20. The van der Waals surface area contributed by atoms with Gasteiger partial charge >= 0.3 is 0 Å². The van der Waals surface area contributed by atoms with Gasteiger partial charge in [0.05, 0.1) is 9.79 Å². The van der Waals surface area contributed by atoms with Gasteiger partial charge in [0.25, 0.3) is 0 Å². The Morgan fingerprint density at radius 3 is 1.34 bits per heavy atom. The number of sulfonamides is 2. The molecule has 0 heterocycles. The molecule has 0 aliphatic heterocycles. The van der Waals surface area contributed by atoms with E-state index < -0.39 is 53.1 Å². The van der Waals surface area contributed by atoms with Crippen LogP contribution in [-0.2, 0) is 33.1 Å². The predicted molar refractivity (Wildman–Crippen MR) is 107 cm³/mol. The lowest BCUT2D eigenvalue weighted by molar-refractivity contribution is 0.504. The van der Waals surface area contributed by atoms with Crippen LogP contribution in [0.15, 0.2) is 70.5 Å². The van der Waals surface area contributed by atoms with Crippen LogP contribution in [0, 0.1) is 23.3 Å². The van der Waals surface area contributed by atoms with Crippen LogP contribution in [-0.4, -0.2) is 16.8 Å². The molecule has 0 saturated heterocycles. The van der Waals surface area contributed by atoms with Crippen molar-refractivity contribution in [3.63, 3.8) is 0 Å². The molecule has 0 spiro atoms. The highest BCUT2D eigenvalue weighted by molar-refractivity contribution is 7.89. The number of rotatable bonds is 8. The van der Waals surface area contributed by atoms with Crippen molar-refractivity contribution in [2.45, 2.75) is 22.9 Å². The summed E-state index contributed by atoms with van der Waals surface area (Å²) in [4.78, 5) is -0.904. The summed E-state index contributed by atoms with van der Waals surface area (Å²) in [7, 11) is -8.25. The summed E-state index contributed by atoms with van der Waals surface area (Å²) in [5.74, 6) is -4.96. The lowest BCUT2D eigenvalue weighted by atomic mass is 10.1. The van der Waals surface area contributed by atoms with Crippen molar-refractivity contribution in [3.05, 3.63) is 95.1 Å². The molecule has 0 aromatic heterocycles. The molecule has 3 aromatic rings. The van der Waals surface area contributed by atoms with Crippen LogP contribution in [0.3, 0.4) is 0 Å². The molecule has 0 aliphatic carbocycles. The molecule has 0 unspecified atom stereocenters. The minimum atomic E-state index is -4.12. The van der Waals surface area contributed by atoms with Gasteiger partial charge in [-0.25, -0.2) is 43.8 Å².